The van der Waals surface area contributed by atoms with Crippen LogP contribution in [0.5, 0.6) is 0 Å². The monoisotopic (exact) mass is 558 g/mol. The van der Waals surface area contributed by atoms with Crippen molar-refractivity contribution in [3.63, 3.8) is 0 Å². The second-order valence-corrected chi connectivity index (χ2v) is 10.9. The lowest BCUT2D eigenvalue weighted by atomic mass is 9.96. The number of halogens is 1. The summed E-state index contributed by atoms with van der Waals surface area (Å²) in [5.41, 5.74) is 6.62. The van der Waals surface area contributed by atoms with E-state index >= 15 is 0 Å². The minimum Gasteiger partial charge on any atom is -0.351 e. The lowest BCUT2D eigenvalue weighted by Gasteiger charge is -2.28. The van der Waals surface area contributed by atoms with Gasteiger partial charge in [-0.3, -0.25) is 9.78 Å². The molecule has 0 radical (unpaired) electrons. The Morgan fingerprint density at radius 2 is 1.82 bits per heavy atom. The average Bonchev–Trinajstić information content (AvgIpc) is 3.41. The molecule has 2 atom stereocenters. The van der Waals surface area contributed by atoms with Crippen molar-refractivity contribution in [1.29, 1.82) is 0 Å². The van der Waals surface area contributed by atoms with Crippen LogP contribution in [-0.2, 0) is 4.79 Å². The van der Waals surface area contributed by atoms with Gasteiger partial charge in [-0.1, -0.05) is 37.6 Å². The maximum Gasteiger partial charge on any atom is 0.226 e. The summed E-state index contributed by atoms with van der Waals surface area (Å²) in [6, 6.07) is 17.3. The number of hydrogen-bond acceptors (Lipinski definition) is 4. The Bertz CT molecular complexity index is 1550. The van der Waals surface area contributed by atoms with Crippen molar-refractivity contribution in [2.75, 3.05) is 10.2 Å². The first-order valence-electron chi connectivity index (χ1n) is 12.9. The van der Waals surface area contributed by atoms with Crippen molar-refractivity contribution in [2.24, 2.45) is 5.92 Å². The molecule has 9 heteroatoms. The first-order chi connectivity index (χ1) is 18.7. The molecule has 2 unspecified atom stereocenters. The van der Waals surface area contributed by atoms with Crippen LogP contribution in [0.3, 0.4) is 0 Å². The third-order valence-corrected chi connectivity index (χ3v) is 7.72. The fourth-order valence-electron chi connectivity index (χ4n) is 5.11. The molecule has 1 saturated heterocycles. The van der Waals surface area contributed by atoms with E-state index < -0.39 is 0 Å². The zero-order valence-electron chi connectivity index (χ0n) is 22.6. The Labute approximate surface area is 239 Å². The molecule has 7 nitrogen and oxygen atoms in total. The van der Waals surface area contributed by atoms with Gasteiger partial charge in [0, 0.05) is 35.4 Å². The van der Waals surface area contributed by atoms with Crippen molar-refractivity contribution in [3.8, 4) is 5.82 Å². The Morgan fingerprint density at radius 3 is 2.49 bits per heavy atom. The molecule has 0 spiro atoms. The van der Waals surface area contributed by atoms with Gasteiger partial charge in [0.2, 0.25) is 5.91 Å². The van der Waals surface area contributed by atoms with Gasteiger partial charge in [0.1, 0.15) is 5.82 Å². The van der Waals surface area contributed by atoms with Crippen molar-refractivity contribution in [1.82, 2.24) is 19.9 Å². The Balaban J connectivity index is 1.63. The molecule has 4 aromatic rings. The van der Waals surface area contributed by atoms with Gasteiger partial charge in [-0.2, -0.15) is 0 Å². The van der Waals surface area contributed by atoms with Gasteiger partial charge < -0.3 is 20.1 Å². The van der Waals surface area contributed by atoms with Crippen molar-refractivity contribution >= 4 is 46.2 Å². The SMILES string of the molecule is Cc1cccnc1-n1c(C)cc(C2C(c3ccccn3)NC(=S)N2c2ccc(NC(=O)C(C)C)c(Cl)c2)c1C. The Morgan fingerprint density at radius 1 is 1.05 bits per heavy atom. The standard InChI is InChI=1S/C30H31ClN6OS/c1-17(2)29(38)34-24-12-11-21(16-23(24)31)37-27(26(35-30(37)39)25-10-6-7-13-32-25)22-15-19(4)36(20(22)5)28-18(3)9-8-14-33-28/h6-17,26-27H,1-5H3,(H,34,38)(H,35,39). The normalized spacial score (nSPS) is 17.0. The number of carbonyl (C=O) groups is 1. The van der Waals surface area contributed by atoms with Crippen LogP contribution in [0.1, 0.15) is 54.1 Å². The van der Waals surface area contributed by atoms with Gasteiger partial charge in [0.25, 0.3) is 0 Å². The van der Waals surface area contributed by atoms with E-state index in [1.165, 1.54) is 0 Å². The molecule has 1 amide bonds. The van der Waals surface area contributed by atoms with E-state index in [9.17, 15) is 4.79 Å². The van der Waals surface area contributed by atoms with Crippen LogP contribution in [0, 0.1) is 26.7 Å². The molecule has 0 saturated carbocycles. The molecule has 1 aliphatic heterocycles. The summed E-state index contributed by atoms with van der Waals surface area (Å²) < 4.78 is 2.19. The van der Waals surface area contributed by atoms with Crippen LogP contribution < -0.4 is 15.5 Å². The summed E-state index contributed by atoms with van der Waals surface area (Å²) in [5, 5.41) is 7.43. The van der Waals surface area contributed by atoms with Crippen LogP contribution in [0.15, 0.2) is 67.0 Å². The highest BCUT2D eigenvalue weighted by Crippen LogP contribution is 2.44. The van der Waals surface area contributed by atoms with E-state index in [1.54, 1.807) is 6.20 Å². The molecule has 1 aliphatic rings. The summed E-state index contributed by atoms with van der Waals surface area (Å²) in [4.78, 5) is 23.7. The molecular formula is C30H31ClN6OS. The number of nitrogens with one attached hydrogen (secondary N) is 2. The Hall–Kier alpha value is -3.75. The Kier molecular flexibility index (Phi) is 7.42. The molecule has 2 N–H and O–H groups in total. The summed E-state index contributed by atoms with van der Waals surface area (Å²) in [6.45, 7) is 9.96. The van der Waals surface area contributed by atoms with E-state index in [-0.39, 0.29) is 23.9 Å². The molecule has 4 heterocycles. The summed E-state index contributed by atoms with van der Waals surface area (Å²) in [5.74, 6) is 0.660. The number of anilines is 2. The first-order valence-corrected chi connectivity index (χ1v) is 13.7. The highest BCUT2D eigenvalue weighted by molar-refractivity contribution is 7.80. The zero-order chi connectivity index (χ0) is 27.8. The number of pyridine rings is 2. The fourth-order valence-corrected chi connectivity index (χ4v) is 5.67. The van der Waals surface area contributed by atoms with E-state index in [2.05, 4.69) is 63.0 Å². The van der Waals surface area contributed by atoms with Crippen molar-refractivity contribution in [3.05, 3.63) is 100 Å². The van der Waals surface area contributed by atoms with Gasteiger partial charge in [0.05, 0.1) is 28.5 Å². The number of carbonyl (C=O) groups excluding carboxylic acids is 1. The maximum atomic E-state index is 12.3. The number of aryl methyl sites for hydroxylation is 2. The smallest absolute Gasteiger partial charge is 0.226 e. The topological polar surface area (TPSA) is 75.1 Å². The predicted molar refractivity (Wildman–Crippen MR) is 161 cm³/mol. The van der Waals surface area contributed by atoms with Crippen molar-refractivity contribution < 1.29 is 4.79 Å². The molecule has 0 bridgehead atoms. The third-order valence-electron chi connectivity index (χ3n) is 7.09. The molecule has 1 fully saturated rings. The number of aromatic nitrogens is 3. The molecule has 200 valence electrons. The van der Waals surface area contributed by atoms with E-state index in [0.29, 0.717) is 15.8 Å². The number of amides is 1. The molecule has 5 rings (SSSR count). The van der Waals surface area contributed by atoms with Crippen LogP contribution >= 0.6 is 23.8 Å². The minimum atomic E-state index is -0.205. The minimum absolute atomic E-state index is 0.0895. The second kappa shape index (κ2) is 10.8. The highest BCUT2D eigenvalue weighted by atomic mass is 35.5. The quantitative estimate of drug-likeness (QED) is 0.259. The second-order valence-electron chi connectivity index (χ2n) is 10.1. The summed E-state index contributed by atoms with van der Waals surface area (Å²) in [7, 11) is 0. The summed E-state index contributed by atoms with van der Waals surface area (Å²) in [6.07, 6.45) is 3.61. The molecule has 39 heavy (non-hydrogen) atoms. The van der Waals surface area contributed by atoms with Gasteiger partial charge in [-0.15, -0.1) is 0 Å². The predicted octanol–water partition coefficient (Wildman–Crippen LogP) is 6.62. The van der Waals surface area contributed by atoms with Gasteiger partial charge in [0.15, 0.2) is 5.11 Å². The number of nitrogens with zero attached hydrogens (tertiary/aromatic N) is 4. The molecular weight excluding hydrogens is 528 g/mol. The average molecular weight is 559 g/mol. The van der Waals surface area contributed by atoms with Gasteiger partial charge in [-0.05, 0) is 86.6 Å². The van der Waals surface area contributed by atoms with E-state index in [4.69, 9.17) is 23.8 Å². The van der Waals surface area contributed by atoms with Crippen LogP contribution in [0.4, 0.5) is 11.4 Å². The third kappa shape index (κ3) is 5.02. The fraction of sp³-hybridized carbons (Fsp3) is 0.267. The van der Waals surface area contributed by atoms with Crippen LogP contribution in [0.25, 0.3) is 5.82 Å². The van der Waals surface area contributed by atoms with Gasteiger partial charge >= 0.3 is 0 Å². The highest BCUT2D eigenvalue weighted by Gasteiger charge is 2.42. The molecule has 3 aromatic heterocycles. The largest absolute Gasteiger partial charge is 0.351 e. The lowest BCUT2D eigenvalue weighted by molar-refractivity contribution is -0.118. The summed E-state index contributed by atoms with van der Waals surface area (Å²) >= 11 is 12.6. The van der Waals surface area contributed by atoms with E-state index in [0.717, 1.165) is 39.7 Å². The number of rotatable bonds is 6. The first kappa shape index (κ1) is 26.8. The molecule has 0 aliphatic carbocycles. The number of hydrogen-bond donors (Lipinski definition) is 2. The van der Waals surface area contributed by atoms with Crippen LogP contribution in [0.2, 0.25) is 5.02 Å². The number of benzene rings is 1. The molecule has 1 aromatic carbocycles. The van der Waals surface area contributed by atoms with Crippen molar-refractivity contribution in [2.45, 2.75) is 46.7 Å². The zero-order valence-corrected chi connectivity index (χ0v) is 24.1. The number of thiocarbonyl (C=S) groups is 1. The van der Waals surface area contributed by atoms with Gasteiger partial charge in [-0.25, -0.2) is 4.98 Å². The van der Waals surface area contributed by atoms with E-state index in [1.807, 2.05) is 62.5 Å². The van der Waals surface area contributed by atoms with Crippen LogP contribution in [-0.4, -0.2) is 25.6 Å². The lowest BCUT2D eigenvalue weighted by Crippen LogP contribution is -2.29. The maximum absolute atomic E-state index is 12.3.